The summed E-state index contributed by atoms with van der Waals surface area (Å²) in [7, 11) is 0. The van der Waals surface area contributed by atoms with Crippen molar-refractivity contribution in [2.75, 3.05) is 31.1 Å². The van der Waals surface area contributed by atoms with Crippen LogP contribution in [0, 0.1) is 0 Å². The number of anilines is 1. The van der Waals surface area contributed by atoms with Crippen LogP contribution in [0.1, 0.15) is 12.8 Å². The molecule has 0 aliphatic carbocycles. The predicted octanol–water partition coefficient (Wildman–Crippen LogP) is 2.69. The third-order valence-corrected chi connectivity index (χ3v) is 5.53. The second-order valence-electron chi connectivity index (χ2n) is 7.30. The fraction of sp³-hybridized carbons (Fsp3) is 0.333. The lowest BCUT2D eigenvalue weighted by atomic mass is 10.0. The number of pyridine rings is 1. The van der Waals surface area contributed by atoms with E-state index in [4.69, 9.17) is 9.97 Å². The van der Waals surface area contributed by atoms with Crippen LogP contribution in [-0.4, -0.2) is 58.1 Å². The number of hydrogen-bond acceptors (Lipinski definition) is 5. The van der Waals surface area contributed by atoms with Gasteiger partial charge in [-0.25, -0.2) is 14.8 Å². The van der Waals surface area contributed by atoms with E-state index < -0.39 is 0 Å². The summed E-state index contributed by atoms with van der Waals surface area (Å²) in [5.41, 5.74) is 1.83. The summed E-state index contributed by atoms with van der Waals surface area (Å²) in [6.07, 6.45) is 5.61. The van der Waals surface area contributed by atoms with E-state index in [1.54, 1.807) is 12.4 Å². The monoisotopic (exact) mass is 374 g/mol. The van der Waals surface area contributed by atoms with Gasteiger partial charge in [-0.15, -0.1) is 0 Å². The third kappa shape index (κ3) is 3.02. The molecule has 2 aliphatic rings. The van der Waals surface area contributed by atoms with Gasteiger partial charge in [0.05, 0.1) is 11.6 Å². The van der Waals surface area contributed by atoms with Gasteiger partial charge in [0.2, 0.25) is 0 Å². The SMILES string of the molecule is O=C1NCCN1C1CCCN(c2nc(-c3cccnc3)nc3ccccc23)C1. The van der Waals surface area contributed by atoms with Gasteiger partial charge in [0.15, 0.2) is 5.82 Å². The highest BCUT2D eigenvalue weighted by atomic mass is 16.2. The average Bonchev–Trinajstić information content (AvgIpc) is 3.19. The van der Waals surface area contributed by atoms with Crippen LogP contribution in [0.4, 0.5) is 10.6 Å². The number of fused-ring (bicyclic) bond motifs is 1. The lowest BCUT2D eigenvalue weighted by molar-refractivity contribution is 0.189. The zero-order chi connectivity index (χ0) is 18.9. The fourth-order valence-corrected chi connectivity index (χ4v) is 4.16. The number of nitrogens with one attached hydrogen (secondary N) is 1. The van der Waals surface area contributed by atoms with Gasteiger partial charge in [0.25, 0.3) is 0 Å². The summed E-state index contributed by atoms with van der Waals surface area (Å²) in [5.74, 6) is 1.62. The minimum atomic E-state index is 0.0513. The Morgan fingerprint density at radius 1 is 1.07 bits per heavy atom. The van der Waals surface area contributed by atoms with Crippen molar-refractivity contribution in [3.8, 4) is 11.4 Å². The topological polar surface area (TPSA) is 74.2 Å². The van der Waals surface area contributed by atoms with Gasteiger partial charge in [-0.05, 0) is 37.1 Å². The van der Waals surface area contributed by atoms with Crippen LogP contribution in [0.25, 0.3) is 22.3 Å². The molecular weight excluding hydrogens is 352 g/mol. The first-order chi connectivity index (χ1) is 13.8. The standard InChI is InChI=1S/C21H22N6O/c28-21-23-10-12-27(21)16-6-4-11-26(14-16)20-17-7-1-2-8-18(17)24-19(25-20)15-5-3-9-22-13-15/h1-3,5,7-9,13,16H,4,6,10-12,14H2,(H,23,28). The Bertz CT molecular complexity index is 1010. The Morgan fingerprint density at radius 2 is 2.00 bits per heavy atom. The highest BCUT2D eigenvalue weighted by molar-refractivity contribution is 5.91. The number of carbonyl (C=O) groups is 1. The molecule has 4 heterocycles. The normalized spacial score (nSPS) is 19.9. The van der Waals surface area contributed by atoms with Crippen molar-refractivity contribution >= 4 is 22.8 Å². The highest BCUT2D eigenvalue weighted by Crippen LogP contribution is 2.30. The Labute approximate surface area is 163 Å². The van der Waals surface area contributed by atoms with Crippen LogP contribution in [0.5, 0.6) is 0 Å². The number of nitrogens with zero attached hydrogens (tertiary/aromatic N) is 5. The zero-order valence-electron chi connectivity index (χ0n) is 15.6. The van der Waals surface area contributed by atoms with Gasteiger partial charge in [0.1, 0.15) is 5.82 Å². The summed E-state index contributed by atoms with van der Waals surface area (Å²) < 4.78 is 0. The average molecular weight is 374 g/mol. The molecule has 2 fully saturated rings. The first-order valence-electron chi connectivity index (χ1n) is 9.76. The Balaban J connectivity index is 1.54. The van der Waals surface area contributed by atoms with Crippen molar-refractivity contribution in [3.05, 3.63) is 48.8 Å². The number of rotatable bonds is 3. The molecule has 2 saturated heterocycles. The number of hydrogen-bond donors (Lipinski definition) is 1. The molecule has 1 aromatic carbocycles. The van der Waals surface area contributed by atoms with E-state index in [1.807, 2.05) is 35.2 Å². The second kappa shape index (κ2) is 7.07. The van der Waals surface area contributed by atoms with Crippen molar-refractivity contribution in [1.82, 2.24) is 25.2 Å². The molecule has 7 nitrogen and oxygen atoms in total. The summed E-state index contributed by atoms with van der Waals surface area (Å²) in [5, 5.41) is 3.96. The van der Waals surface area contributed by atoms with E-state index in [2.05, 4.69) is 21.3 Å². The molecule has 2 aliphatic heterocycles. The molecule has 5 rings (SSSR count). The zero-order valence-corrected chi connectivity index (χ0v) is 15.6. The maximum atomic E-state index is 12.1. The number of urea groups is 1. The van der Waals surface area contributed by atoms with Crippen molar-refractivity contribution < 1.29 is 4.79 Å². The van der Waals surface area contributed by atoms with Crippen LogP contribution in [0.2, 0.25) is 0 Å². The van der Waals surface area contributed by atoms with E-state index in [1.165, 1.54) is 0 Å². The molecule has 0 radical (unpaired) electrons. The smallest absolute Gasteiger partial charge is 0.317 e. The van der Waals surface area contributed by atoms with E-state index in [9.17, 15) is 4.79 Å². The van der Waals surface area contributed by atoms with E-state index in [-0.39, 0.29) is 12.1 Å². The summed E-state index contributed by atoms with van der Waals surface area (Å²) in [6.45, 7) is 3.24. The van der Waals surface area contributed by atoms with Crippen molar-refractivity contribution in [2.24, 2.45) is 0 Å². The van der Waals surface area contributed by atoms with Gasteiger partial charge in [0, 0.05) is 49.5 Å². The molecule has 1 N–H and O–H groups in total. The molecule has 7 heteroatoms. The Morgan fingerprint density at radius 3 is 2.82 bits per heavy atom. The second-order valence-corrected chi connectivity index (χ2v) is 7.30. The number of para-hydroxylation sites is 1. The largest absolute Gasteiger partial charge is 0.354 e. The predicted molar refractivity (Wildman–Crippen MR) is 108 cm³/mol. The maximum Gasteiger partial charge on any atom is 0.317 e. The van der Waals surface area contributed by atoms with Gasteiger partial charge in [-0.3, -0.25) is 4.98 Å². The van der Waals surface area contributed by atoms with Crippen LogP contribution in [0.3, 0.4) is 0 Å². The molecular formula is C21H22N6O. The lowest BCUT2D eigenvalue weighted by Crippen LogP contribution is -2.49. The molecule has 1 atom stereocenters. The number of amides is 2. The first-order valence-corrected chi connectivity index (χ1v) is 9.76. The van der Waals surface area contributed by atoms with Gasteiger partial charge >= 0.3 is 6.03 Å². The quantitative estimate of drug-likeness (QED) is 0.763. The summed E-state index contributed by atoms with van der Waals surface area (Å²) in [6, 6.07) is 12.3. The van der Waals surface area contributed by atoms with E-state index >= 15 is 0 Å². The molecule has 142 valence electrons. The summed E-state index contributed by atoms with van der Waals surface area (Å²) in [4.78, 5) is 30.3. The highest BCUT2D eigenvalue weighted by Gasteiger charge is 2.32. The Hall–Kier alpha value is -3.22. The third-order valence-electron chi connectivity index (χ3n) is 5.53. The van der Waals surface area contributed by atoms with Crippen molar-refractivity contribution in [1.29, 1.82) is 0 Å². The minimum Gasteiger partial charge on any atom is -0.354 e. The number of piperidine rings is 1. The van der Waals surface area contributed by atoms with Gasteiger partial charge < -0.3 is 15.1 Å². The molecule has 2 aromatic heterocycles. The van der Waals surface area contributed by atoms with Gasteiger partial charge in [-0.2, -0.15) is 0 Å². The van der Waals surface area contributed by atoms with Crippen LogP contribution in [0.15, 0.2) is 48.8 Å². The van der Waals surface area contributed by atoms with E-state index in [0.717, 1.165) is 61.3 Å². The maximum absolute atomic E-state index is 12.1. The Kier molecular flexibility index (Phi) is 4.27. The first kappa shape index (κ1) is 16.9. The van der Waals surface area contributed by atoms with Crippen LogP contribution < -0.4 is 10.2 Å². The molecule has 0 spiro atoms. The number of benzene rings is 1. The number of carbonyl (C=O) groups excluding carboxylic acids is 1. The van der Waals surface area contributed by atoms with Gasteiger partial charge in [-0.1, -0.05) is 12.1 Å². The molecule has 28 heavy (non-hydrogen) atoms. The van der Waals surface area contributed by atoms with Crippen molar-refractivity contribution in [2.45, 2.75) is 18.9 Å². The fourth-order valence-electron chi connectivity index (χ4n) is 4.16. The number of aromatic nitrogens is 3. The molecule has 1 unspecified atom stereocenters. The van der Waals surface area contributed by atoms with Crippen LogP contribution in [-0.2, 0) is 0 Å². The molecule has 3 aromatic rings. The van der Waals surface area contributed by atoms with E-state index in [0.29, 0.717) is 5.82 Å². The van der Waals surface area contributed by atoms with Crippen LogP contribution >= 0.6 is 0 Å². The van der Waals surface area contributed by atoms with Crippen molar-refractivity contribution in [3.63, 3.8) is 0 Å². The summed E-state index contributed by atoms with van der Waals surface area (Å²) >= 11 is 0. The molecule has 0 saturated carbocycles. The molecule has 0 bridgehead atoms. The lowest BCUT2D eigenvalue weighted by Gasteiger charge is -2.38. The minimum absolute atomic E-state index is 0.0513. The molecule has 2 amide bonds.